The van der Waals surface area contributed by atoms with Crippen molar-refractivity contribution in [2.75, 3.05) is 0 Å². The summed E-state index contributed by atoms with van der Waals surface area (Å²) >= 11 is 0. The Morgan fingerprint density at radius 1 is 1.50 bits per heavy atom. The molecule has 2 aromatic heterocycles. The molecule has 0 aliphatic rings. The highest BCUT2D eigenvalue weighted by atomic mass is 16.4. The number of carboxylic acids is 1. The first-order chi connectivity index (χ1) is 8.59. The first-order valence-electron chi connectivity index (χ1n) is 6.12. The van der Waals surface area contributed by atoms with Crippen molar-refractivity contribution < 1.29 is 9.90 Å². The van der Waals surface area contributed by atoms with Crippen LogP contribution in [0.25, 0.3) is 11.0 Å². The summed E-state index contributed by atoms with van der Waals surface area (Å²) in [6.45, 7) is 4.20. The van der Waals surface area contributed by atoms with E-state index in [0.717, 1.165) is 16.9 Å². The van der Waals surface area contributed by atoms with Crippen LogP contribution in [0.15, 0.2) is 18.5 Å². The maximum atomic E-state index is 10.5. The first kappa shape index (κ1) is 12.5. The fourth-order valence-electron chi connectivity index (χ4n) is 2.15. The van der Waals surface area contributed by atoms with E-state index in [4.69, 9.17) is 5.11 Å². The highest BCUT2D eigenvalue weighted by Crippen LogP contribution is 2.21. The standard InChI is InChI=1S/C13H17N3O2/c1-9(2)16-11-6-7-14-8-10(11)15-12(16)4-3-5-13(17)18/h6-9H,3-5H2,1-2H3,(H,17,18). The molecule has 0 saturated carbocycles. The number of pyridine rings is 1. The Kier molecular flexibility index (Phi) is 3.60. The molecule has 18 heavy (non-hydrogen) atoms. The number of hydrogen-bond donors (Lipinski definition) is 1. The minimum atomic E-state index is -0.760. The molecule has 0 atom stereocenters. The highest BCUT2D eigenvalue weighted by Gasteiger charge is 2.13. The van der Waals surface area contributed by atoms with Gasteiger partial charge in [-0.2, -0.15) is 0 Å². The maximum Gasteiger partial charge on any atom is 0.303 e. The normalized spacial score (nSPS) is 11.3. The lowest BCUT2D eigenvalue weighted by molar-refractivity contribution is -0.137. The van der Waals surface area contributed by atoms with E-state index in [9.17, 15) is 4.79 Å². The van der Waals surface area contributed by atoms with Crippen LogP contribution in [0, 0.1) is 0 Å². The number of aliphatic carboxylic acids is 1. The minimum Gasteiger partial charge on any atom is -0.481 e. The van der Waals surface area contributed by atoms with E-state index < -0.39 is 5.97 Å². The van der Waals surface area contributed by atoms with Gasteiger partial charge in [-0.3, -0.25) is 9.78 Å². The number of aromatic nitrogens is 3. The van der Waals surface area contributed by atoms with Crippen molar-refractivity contribution in [3.8, 4) is 0 Å². The molecular formula is C13H17N3O2. The van der Waals surface area contributed by atoms with Gasteiger partial charge in [0.15, 0.2) is 0 Å². The van der Waals surface area contributed by atoms with Gasteiger partial charge in [-0.1, -0.05) is 0 Å². The molecule has 2 aromatic rings. The van der Waals surface area contributed by atoms with Crippen molar-refractivity contribution in [3.63, 3.8) is 0 Å². The van der Waals surface area contributed by atoms with E-state index in [1.807, 2.05) is 6.07 Å². The molecule has 96 valence electrons. The summed E-state index contributed by atoms with van der Waals surface area (Å²) in [6, 6.07) is 2.25. The van der Waals surface area contributed by atoms with Gasteiger partial charge in [0.2, 0.25) is 0 Å². The van der Waals surface area contributed by atoms with Crippen molar-refractivity contribution in [1.82, 2.24) is 14.5 Å². The van der Waals surface area contributed by atoms with Crippen LogP contribution in [0.2, 0.25) is 0 Å². The van der Waals surface area contributed by atoms with Gasteiger partial charge < -0.3 is 9.67 Å². The van der Waals surface area contributed by atoms with Gasteiger partial charge in [-0.05, 0) is 26.3 Å². The molecule has 0 radical (unpaired) electrons. The molecule has 0 aliphatic heterocycles. The molecule has 5 nitrogen and oxygen atoms in total. The fourth-order valence-corrected chi connectivity index (χ4v) is 2.15. The van der Waals surface area contributed by atoms with Crippen LogP contribution in [0.5, 0.6) is 0 Å². The molecule has 0 amide bonds. The van der Waals surface area contributed by atoms with Gasteiger partial charge in [-0.25, -0.2) is 4.98 Å². The lowest BCUT2D eigenvalue weighted by Crippen LogP contribution is -2.07. The van der Waals surface area contributed by atoms with E-state index >= 15 is 0 Å². The Balaban J connectivity index is 2.31. The minimum absolute atomic E-state index is 0.180. The second-order valence-electron chi connectivity index (χ2n) is 4.60. The smallest absolute Gasteiger partial charge is 0.303 e. The zero-order valence-corrected chi connectivity index (χ0v) is 10.6. The average Bonchev–Trinajstić information content (AvgIpc) is 2.66. The highest BCUT2D eigenvalue weighted by molar-refractivity contribution is 5.74. The third kappa shape index (κ3) is 2.50. The summed E-state index contributed by atoms with van der Waals surface area (Å²) in [5, 5.41) is 8.67. The SMILES string of the molecule is CC(C)n1c(CCCC(=O)O)nc2cnccc21. The van der Waals surface area contributed by atoms with Crippen molar-refractivity contribution in [1.29, 1.82) is 0 Å². The van der Waals surface area contributed by atoms with E-state index in [2.05, 4.69) is 28.4 Å². The quantitative estimate of drug-likeness (QED) is 0.881. The number of fused-ring (bicyclic) bond motifs is 1. The third-order valence-electron chi connectivity index (χ3n) is 2.87. The van der Waals surface area contributed by atoms with Crippen LogP contribution in [0.1, 0.15) is 38.6 Å². The van der Waals surface area contributed by atoms with Crippen LogP contribution in [0.3, 0.4) is 0 Å². The number of carbonyl (C=O) groups is 1. The topological polar surface area (TPSA) is 68.0 Å². The molecule has 0 saturated heterocycles. The van der Waals surface area contributed by atoms with Gasteiger partial charge >= 0.3 is 5.97 Å². The van der Waals surface area contributed by atoms with Gasteiger partial charge in [-0.15, -0.1) is 0 Å². The second-order valence-corrected chi connectivity index (χ2v) is 4.60. The Morgan fingerprint density at radius 3 is 2.94 bits per heavy atom. The van der Waals surface area contributed by atoms with Crippen molar-refractivity contribution in [3.05, 3.63) is 24.3 Å². The number of rotatable bonds is 5. The Hall–Kier alpha value is -1.91. The lowest BCUT2D eigenvalue weighted by atomic mass is 10.2. The van der Waals surface area contributed by atoms with Crippen molar-refractivity contribution in [2.45, 2.75) is 39.2 Å². The lowest BCUT2D eigenvalue weighted by Gasteiger charge is -2.12. The van der Waals surface area contributed by atoms with Gasteiger partial charge in [0, 0.05) is 25.1 Å². The summed E-state index contributed by atoms with van der Waals surface area (Å²) in [7, 11) is 0. The summed E-state index contributed by atoms with van der Waals surface area (Å²) in [5.41, 5.74) is 1.93. The van der Waals surface area contributed by atoms with Crippen LogP contribution >= 0.6 is 0 Å². The molecule has 2 heterocycles. The van der Waals surface area contributed by atoms with Gasteiger partial charge in [0.25, 0.3) is 0 Å². The van der Waals surface area contributed by atoms with Gasteiger partial charge in [0.1, 0.15) is 11.3 Å². The summed E-state index contributed by atoms with van der Waals surface area (Å²) in [6.07, 6.45) is 4.97. The molecule has 0 aliphatic carbocycles. The molecule has 1 N–H and O–H groups in total. The van der Waals surface area contributed by atoms with Gasteiger partial charge in [0.05, 0.1) is 11.7 Å². The molecule has 0 bridgehead atoms. The maximum absolute atomic E-state index is 10.5. The fraction of sp³-hybridized carbons (Fsp3) is 0.462. The van der Waals surface area contributed by atoms with E-state index in [-0.39, 0.29) is 6.42 Å². The molecule has 0 aromatic carbocycles. The first-order valence-corrected chi connectivity index (χ1v) is 6.12. The number of aryl methyl sites for hydroxylation is 1. The van der Waals surface area contributed by atoms with E-state index in [0.29, 0.717) is 18.9 Å². The van der Waals surface area contributed by atoms with Crippen LogP contribution in [-0.2, 0) is 11.2 Å². The number of imidazole rings is 1. The second kappa shape index (κ2) is 5.16. The molecular weight excluding hydrogens is 230 g/mol. The Labute approximate surface area is 105 Å². The Morgan fingerprint density at radius 2 is 2.28 bits per heavy atom. The number of carboxylic acid groups (broad SMARTS) is 1. The van der Waals surface area contributed by atoms with E-state index in [1.165, 1.54) is 0 Å². The predicted octanol–water partition coefficient (Wildman–Crippen LogP) is 2.42. The molecule has 0 fully saturated rings. The monoisotopic (exact) mass is 247 g/mol. The summed E-state index contributed by atoms with van der Waals surface area (Å²) < 4.78 is 2.15. The molecule has 0 unspecified atom stereocenters. The Bertz CT molecular complexity index is 560. The van der Waals surface area contributed by atoms with Crippen LogP contribution in [-0.4, -0.2) is 25.6 Å². The van der Waals surface area contributed by atoms with Crippen molar-refractivity contribution in [2.24, 2.45) is 0 Å². The summed E-state index contributed by atoms with van der Waals surface area (Å²) in [4.78, 5) is 19.1. The largest absolute Gasteiger partial charge is 0.481 e. The molecule has 0 spiro atoms. The van der Waals surface area contributed by atoms with Crippen LogP contribution < -0.4 is 0 Å². The average molecular weight is 247 g/mol. The molecule has 5 heteroatoms. The summed E-state index contributed by atoms with van der Waals surface area (Å²) in [5.74, 6) is 0.179. The zero-order valence-electron chi connectivity index (χ0n) is 10.6. The predicted molar refractivity (Wildman–Crippen MR) is 68.5 cm³/mol. The third-order valence-corrected chi connectivity index (χ3v) is 2.87. The van der Waals surface area contributed by atoms with Crippen LogP contribution in [0.4, 0.5) is 0 Å². The number of hydrogen-bond acceptors (Lipinski definition) is 3. The number of nitrogens with zero attached hydrogens (tertiary/aromatic N) is 3. The van der Waals surface area contributed by atoms with E-state index in [1.54, 1.807) is 12.4 Å². The van der Waals surface area contributed by atoms with Crippen molar-refractivity contribution >= 4 is 17.0 Å². The molecule has 2 rings (SSSR count). The zero-order chi connectivity index (χ0) is 13.1.